The Labute approximate surface area is 127 Å². The predicted octanol–water partition coefficient (Wildman–Crippen LogP) is 1.71. The third-order valence-corrected chi connectivity index (χ3v) is 4.58. The molecule has 1 N–H and O–H groups in total. The number of hydrogen-bond acceptors (Lipinski definition) is 3. The third kappa shape index (κ3) is 5.30. The maximum absolute atomic E-state index is 12.2. The van der Waals surface area contributed by atoms with Gasteiger partial charge in [-0.25, -0.2) is 0 Å². The Bertz CT molecular complexity index is 347. The normalized spacial score (nSPS) is 21.9. The van der Waals surface area contributed by atoms with Gasteiger partial charge >= 0.3 is 0 Å². The number of amides is 2. The van der Waals surface area contributed by atoms with Crippen LogP contribution in [0.5, 0.6) is 0 Å². The van der Waals surface area contributed by atoms with Crippen LogP contribution in [0, 0.1) is 5.92 Å². The van der Waals surface area contributed by atoms with Crippen molar-refractivity contribution in [2.75, 3.05) is 26.3 Å². The molecule has 0 unspecified atom stereocenters. The van der Waals surface area contributed by atoms with Crippen LogP contribution in [0.2, 0.25) is 0 Å². The Hall–Kier alpha value is -1.10. The molecule has 120 valence electrons. The highest BCUT2D eigenvalue weighted by Gasteiger charge is 2.24. The van der Waals surface area contributed by atoms with Crippen LogP contribution in [-0.2, 0) is 14.3 Å². The lowest BCUT2D eigenvalue weighted by molar-refractivity contribution is -0.139. The molecule has 0 radical (unpaired) electrons. The Morgan fingerprint density at radius 1 is 1.19 bits per heavy atom. The molecule has 2 rings (SSSR count). The molecule has 1 aliphatic heterocycles. The molecule has 2 fully saturated rings. The van der Waals surface area contributed by atoms with Crippen LogP contribution in [0.1, 0.15) is 51.9 Å². The predicted molar refractivity (Wildman–Crippen MR) is 80.8 cm³/mol. The summed E-state index contributed by atoms with van der Waals surface area (Å²) in [5.74, 6) is 0.716. The fourth-order valence-corrected chi connectivity index (χ4v) is 3.24. The van der Waals surface area contributed by atoms with E-state index in [0.717, 1.165) is 6.42 Å². The van der Waals surface area contributed by atoms with Crippen molar-refractivity contribution in [3.05, 3.63) is 0 Å². The minimum Gasteiger partial charge on any atom is -0.378 e. The van der Waals surface area contributed by atoms with E-state index in [2.05, 4.69) is 5.32 Å². The van der Waals surface area contributed by atoms with Gasteiger partial charge in [-0.2, -0.15) is 0 Å². The van der Waals surface area contributed by atoms with Crippen LogP contribution < -0.4 is 5.32 Å². The number of rotatable bonds is 5. The van der Waals surface area contributed by atoms with E-state index >= 15 is 0 Å². The quantitative estimate of drug-likeness (QED) is 0.840. The van der Waals surface area contributed by atoms with Gasteiger partial charge in [-0.15, -0.1) is 0 Å². The van der Waals surface area contributed by atoms with Gasteiger partial charge < -0.3 is 15.0 Å². The molecule has 1 saturated carbocycles. The third-order valence-electron chi connectivity index (χ3n) is 4.58. The first kappa shape index (κ1) is 16.3. The number of morpholine rings is 1. The molecule has 21 heavy (non-hydrogen) atoms. The molecule has 1 saturated heterocycles. The van der Waals surface area contributed by atoms with E-state index in [0.29, 0.717) is 38.6 Å². The molecule has 0 aromatic rings. The van der Waals surface area contributed by atoms with Crippen molar-refractivity contribution in [1.82, 2.24) is 10.2 Å². The zero-order chi connectivity index (χ0) is 15.1. The number of nitrogens with one attached hydrogen (secondary N) is 1. The summed E-state index contributed by atoms with van der Waals surface area (Å²) in [7, 11) is 0. The molecule has 1 aliphatic carbocycles. The summed E-state index contributed by atoms with van der Waals surface area (Å²) in [4.78, 5) is 25.9. The van der Waals surface area contributed by atoms with Crippen molar-refractivity contribution in [3.8, 4) is 0 Å². The van der Waals surface area contributed by atoms with Crippen molar-refractivity contribution in [3.63, 3.8) is 0 Å². The van der Waals surface area contributed by atoms with Gasteiger partial charge in [-0.1, -0.05) is 32.1 Å². The molecule has 2 amide bonds. The SMILES string of the molecule is C[C@H](NC(=O)CCC1CCCCC1)C(=O)N1CCOCC1. The van der Waals surface area contributed by atoms with Gasteiger partial charge in [0.25, 0.3) is 0 Å². The first-order chi connectivity index (χ1) is 10.2. The number of hydrogen-bond donors (Lipinski definition) is 1. The molecule has 1 heterocycles. The summed E-state index contributed by atoms with van der Waals surface area (Å²) in [6.07, 6.45) is 7.98. The number of carbonyl (C=O) groups is 2. The molecule has 0 spiro atoms. The van der Waals surface area contributed by atoms with E-state index < -0.39 is 6.04 Å². The zero-order valence-corrected chi connectivity index (χ0v) is 13.1. The number of nitrogens with zero attached hydrogens (tertiary/aromatic N) is 1. The summed E-state index contributed by atoms with van der Waals surface area (Å²) in [5.41, 5.74) is 0. The minimum atomic E-state index is -0.429. The highest BCUT2D eigenvalue weighted by atomic mass is 16.5. The Morgan fingerprint density at radius 3 is 2.52 bits per heavy atom. The monoisotopic (exact) mass is 296 g/mol. The highest BCUT2D eigenvalue weighted by Crippen LogP contribution is 2.27. The maximum Gasteiger partial charge on any atom is 0.245 e. The second-order valence-corrected chi connectivity index (χ2v) is 6.27. The van der Waals surface area contributed by atoms with Gasteiger partial charge in [0.1, 0.15) is 6.04 Å². The van der Waals surface area contributed by atoms with Gasteiger partial charge in [0.15, 0.2) is 0 Å². The lowest BCUT2D eigenvalue weighted by atomic mass is 9.86. The number of carbonyl (C=O) groups excluding carboxylic acids is 2. The highest BCUT2D eigenvalue weighted by molar-refractivity contribution is 5.87. The zero-order valence-electron chi connectivity index (χ0n) is 13.1. The molecule has 5 heteroatoms. The summed E-state index contributed by atoms with van der Waals surface area (Å²) < 4.78 is 5.24. The summed E-state index contributed by atoms with van der Waals surface area (Å²) in [5, 5.41) is 2.85. The van der Waals surface area contributed by atoms with Crippen molar-refractivity contribution < 1.29 is 14.3 Å². The van der Waals surface area contributed by atoms with Crippen LogP contribution in [-0.4, -0.2) is 49.1 Å². The molecule has 5 nitrogen and oxygen atoms in total. The van der Waals surface area contributed by atoms with Gasteiger partial charge in [-0.3, -0.25) is 9.59 Å². The van der Waals surface area contributed by atoms with Crippen molar-refractivity contribution in [2.45, 2.75) is 57.9 Å². The summed E-state index contributed by atoms with van der Waals surface area (Å²) in [6.45, 7) is 4.21. The Balaban J connectivity index is 1.67. The summed E-state index contributed by atoms with van der Waals surface area (Å²) >= 11 is 0. The Kier molecular flexibility index (Phi) is 6.49. The van der Waals surface area contributed by atoms with E-state index in [1.165, 1.54) is 32.1 Å². The molecule has 0 aromatic carbocycles. The summed E-state index contributed by atoms with van der Waals surface area (Å²) in [6, 6.07) is -0.429. The first-order valence-corrected chi connectivity index (χ1v) is 8.32. The van der Waals surface area contributed by atoms with E-state index in [1.54, 1.807) is 11.8 Å². The second kappa shape index (κ2) is 8.37. The van der Waals surface area contributed by atoms with Crippen LogP contribution in [0.15, 0.2) is 0 Å². The first-order valence-electron chi connectivity index (χ1n) is 8.32. The largest absolute Gasteiger partial charge is 0.378 e. The van der Waals surface area contributed by atoms with Gasteiger partial charge in [-0.05, 0) is 19.3 Å². The maximum atomic E-state index is 12.2. The molecular weight excluding hydrogens is 268 g/mol. The van der Waals surface area contributed by atoms with Gasteiger partial charge in [0.05, 0.1) is 13.2 Å². The van der Waals surface area contributed by atoms with Crippen molar-refractivity contribution >= 4 is 11.8 Å². The van der Waals surface area contributed by atoms with E-state index in [1.807, 2.05) is 0 Å². The average Bonchev–Trinajstić information content (AvgIpc) is 2.54. The molecule has 1 atom stereocenters. The molecule has 0 aromatic heterocycles. The van der Waals surface area contributed by atoms with Crippen molar-refractivity contribution in [1.29, 1.82) is 0 Å². The van der Waals surface area contributed by atoms with Crippen LogP contribution in [0.4, 0.5) is 0 Å². The van der Waals surface area contributed by atoms with E-state index in [9.17, 15) is 9.59 Å². The number of ether oxygens (including phenoxy) is 1. The van der Waals surface area contributed by atoms with Crippen LogP contribution in [0.25, 0.3) is 0 Å². The van der Waals surface area contributed by atoms with E-state index in [4.69, 9.17) is 4.74 Å². The van der Waals surface area contributed by atoms with Crippen LogP contribution in [0.3, 0.4) is 0 Å². The minimum absolute atomic E-state index is 0.00400. The smallest absolute Gasteiger partial charge is 0.245 e. The molecule has 0 bridgehead atoms. The topological polar surface area (TPSA) is 58.6 Å². The van der Waals surface area contributed by atoms with Gasteiger partial charge in [0.2, 0.25) is 11.8 Å². The van der Waals surface area contributed by atoms with Crippen LogP contribution >= 0.6 is 0 Å². The lowest BCUT2D eigenvalue weighted by Gasteiger charge is -2.29. The standard InChI is InChI=1S/C16H28N2O3/c1-13(16(20)18-9-11-21-12-10-18)17-15(19)8-7-14-5-3-2-4-6-14/h13-14H,2-12H2,1H3,(H,17,19)/t13-/m0/s1. The molecular formula is C16H28N2O3. The fourth-order valence-electron chi connectivity index (χ4n) is 3.24. The fraction of sp³-hybridized carbons (Fsp3) is 0.875. The van der Waals surface area contributed by atoms with Gasteiger partial charge in [0, 0.05) is 19.5 Å². The average molecular weight is 296 g/mol. The second-order valence-electron chi connectivity index (χ2n) is 6.27. The molecule has 2 aliphatic rings. The van der Waals surface area contributed by atoms with Crippen molar-refractivity contribution in [2.24, 2.45) is 5.92 Å². The lowest BCUT2D eigenvalue weighted by Crippen LogP contribution is -2.50. The van der Waals surface area contributed by atoms with E-state index in [-0.39, 0.29) is 11.8 Å². The Morgan fingerprint density at radius 2 is 1.86 bits per heavy atom.